The Morgan fingerprint density at radius 2 is 1.92 bits per heavy atom. The molecule has 0 spiro atoms. The summed E-state index contributed by atoms with van der Waals surface area (Å²) in [5.74, 6) is -0.471. The molecule has 2 aromatic carbocycles. The Kier molecular flexibility index (Phi) is 8.15. The number of carboxylic acid groups (broad SMARTS) is 1. The minimum absolute atomic E-state index is 0.0690. The van der Waals surface area contributed by atoms with Crippen molar-refractivity contribution in [2.45, 2.75) is 32.5 Å². The average molecular weight is 502 g/mol. The number of hydrogen-bond donors (Lipinski definition) is 2. The van der Waals surface area contributed by atoms with Crippen molar-refractivity contribution in [3.8, 4) is 22.8 Å². The highest BCUT2D eigenvalue weighted by Gasteiger charge is 2.21. The molecule has 0 aliphatic rings. The molecule has 0 amide bonds. The van der Waals surface area contributed by atoms with E-state index >= 15 is 0 Å². The molecule has 0 saturated carbocycles. The van der Waals surface area contributed by atoms with Gasteiger partial charge >= 0.3 is 11.9 Å². The molecule has 4 rings (SSSR count). The highest BCUT2D eigenvalue weighted by atomic mass is 16.5. The fraction of sp³-hybridized carbons (Fsp3) is 0.214. The lowest BCUT2D eigenvalue weighted by atomic mass is 9.99. The summed E-state index contributed by atoms with van der Waals surface area (Å²) in [6.45, 7) is 2.26. The van der Waals surface area contributed by atoms with Crippen LogP contribution in [0.4, 0.5) is 0 Å². The molecule has 0 saturated heterocycles. The standard InChI is InChI=1S/C28H27N3O6/c1-18-6-3-4-8-21(18)25(11-12-27(32)33)37-26-14-20(36-17-19-7-5-13-29-16-19)9-10-22(26)23-15-24(31-30-23)28(34)35-2/h3-10,13-16,25H,11-12,17H2,1-2H3,(H,30,31)(H,32,33)/t25-/m1/s1. The van der Waals surface area contributed by atoms with Crippen molar-refractivity contribution in [2.24, 2.45) is 0 Å². The van der Waals surface area contributed by atoms with Gasteiger partial charge in [-0.3, -0.25) is 14.9 Å². The van der Waals surface area contributed by atoms with E-state index in [-0.39, 0.29) is 18.5 Å². The van der Waals surface area contributed by atoms with E-state index in [9.17, 15) is 14.7 Å². The van der Waals surface area contributed by atoms with Crippen molar-refractivity contribution >= 4 is 11.9 Å². The first-order valence-corrected chi connectivity index (χ1v) is 11.7. The Labute approximate surface area is 214 Å². The van der Waals surface area contributed by atoms with Crippen molar-refractivity contribution in [2.75, 3.05) is 7.11 Å². The number of carboxylic acids is 1. The molecule has 0 aliphatic heterocycles. The SMILES string of the molecule is COC(=O)c1cc(-c2ccc(OCc3cccnc3)cc2O[C@H](CCC(=O)O)c2ccccc2C)n[nH]1. The number of carbonyl (C=O) groups excluding carboxylic acids is 1. The Hall–Kier alpha value is -4.66. The summed E-state index contributed by atoms with van der Waals surface area (Å²) in [4.78, 5) is 27.5. The molecular formula is C28H27N3O6. The quantitative estimate of drug-likeness (QED) is 0.271. The van der Waals surface area contributed by atoms with Gasteiger partial charge in [0.1, 0.15) is 29.9 Å². The van der Waals surface area contributed by atoms with Crippen molar-refractivity contribution in [1.29, 1.82) is 0 Å². The average Bonchev–Trinajstić information content (AvgIpc) is 3.40. The van der Waals surface area contributed by atoms with Crippen LogP contribution in [0.5, 0.6) is 11.5 Å². The van der Waals surface area contributed by atoms with E-state index in [4.69, 9.17) is 14.2 Å². The smallest absolute Gasteiger partial charge is 0.356 e. The lowest BCUT2D eigenvalue weighted by molar-refractivity contribution is -0.137. The van der Waals surface area contributed by atoms with Gasteiger partial charge in [-0.2, -0.15) is 5.10 Å². The number of methoxy groups -OCH3 is 1. The zero-order valence-electron chi connectivity index (χ0n) is 20.5. The zero-order chi connectivity index (χ0) is 26.2. The summed E-state index contributed by atoms with van der Waals surface area (Å²) in [6, 6.07) is 18.3. The first kappa shape index (κ1) is 25.4. The normalized spacial score (nSPS) is 11.5. The van der Waals surface area contributed by atoms with Crippen LogP contribution in [0, 0.1) is 6.92 Å². The van der Waals surface area contributed by atoms with Crippen LogP contribution in [0.25, 0.3) is 11.3 Å². The lowest BCUT2D eigenvalue weighted by Gasteiger charge is -2.23. The van der Waals surface area contributed by atoms with Gasteiger partial charge in [0.2, 0.25) is 0 Å². The summed E-state index contributed by atoms with van der Waals surface area (Å²) in [5, 5.41) is 16.3. The minimum Gasteiger partial charge on any atom is -0.489 e. The van der Waals surface area contributed by atoms with Gasteiger partial charge in [0.15, 0.2) is 0 Å². The second-order valence-electron chi connectivity index (χ2n) is 8.36. The fourth-order valence-electron chi connectivity index (χ4n) is 3.86. The number of benzene rings is 2. The van der Waals surface area contributed by atoms with Crippen LogP contribution in [0.3, 0.4) is 0 Å². The summed E-state index contributed by atoms with van der Waals surface area (Å²) in [6.07, 6.45) is 3.07. The molecule has 2 heterocycles. The number of aromatic nitrogens is 3. The van der Waals surface area contributed by atoms with Crippen LogP contribution < -0.4 is 9.47 Å². The van der Waals surface area contributed by atoms with Crippen LogP contribution in [0.2, 0.25) is 0 Å². The van der Waals surface area contributed by atoms with Crippen LogP contribution >= 0.6 is 0 Å². The maximum atomic E-state index is 12.0. The number of ether oxygens (including phenoxy) is 3. The van der Waals surface area contributed by atoms with E-state index < -0.39 is 18.0 Å². The summed E-state index contributed by atoms with van der Waals surface area (Å²) >= 11 is 0. The number of aromatic amines is 1. The summed E-state index contributed by atoms with van der Waals surface area (Å²) < 4.78 is 17.2. The second-order valence-corrected chi connectivity index (χ2v) is 8.36. The molecule has 37 heavy (non-hydrogen) atoms. The van der Waals surface area contributed by atoms with E-state index in [2.05, 4.69) is 15.2 Å². The van der Waals surface area contributed by atoms with Crippen molar-refractivity contribution < 1.29 is 28.9 Å². The fourth-order valence-corrected chi connectivity index (χ4v) is 3.86. The highest BCUT2D eigenvalue weighted by molar-refractivity contribution is 5.88. The van der Waals surface area contributed by atoms with Crippen LogP contribution in [-0.4, -0.2) is 39.3 Å². The Balaban J connectivity index is 1.70. The number of carbonyl (C=O) groups is 2. The van der Waals surface area contributed by atoms with Crippen molar-refractivity contribution in [1.82, 2.24) is 15.2 Å². The molecule has 9 heteroatoms. The van der Waals surface area contributed by atoms with Gasteiger partial charge in [0, 0.05) is 36.0 Å². The molecule has 0 radical (unpaired) electrons. The molecule has 0 fully saturated rings. The highest BCUT2D eigenvalue weighted by Crippen LogP contribution is 2.37. The third-order valence-corrected chi connectivity index (χ3v) is 5.77. The molecule has 1 atom stereocenters. The molecule has 190 valence electrons. The van der Waals surface area contributed by atoms with Gasteiger partial charge in [-0.05, 0) is 48.7 Å². The van der Waals surface area contributed by atoms with Crippen molar-refractivity contribution in [3.05, 3.63) is 95.4 Å². The number of aliphatic carboxylic acids is 1. The third-order valence-electron chi connectivity index (χ3n) is 5.77. The Bertz CT molecular complexity index is 1370. The molecule has 0 unspecified atom stereocenters. The number of pyridine rings is 1. The minimum atomic E-state index is -0.911. The number of esters is 1. The molecule has 4 aromatic rings. The molecule has 0 aliphatic carbocycles. The number of nitrogens with one attached hydrogen (secondary N) is 1. The molecular weight excluding hydrogens is 474 g/mol. The van der Waals surface area contributed by atoms with Gasteiger partial charge in [-0.15, -0.1) is 0 Å². The maximum absolute atomic E-state index is 12.0. The predicted octanol–water partition coefficient (Wildman–Crippen LogP) is 5.13. The van der Waals surface area contributed by atoms with Gasteiger partial charge in [0.25, 0.3) is 0 Å². The summed E-state index contributed by atoms with van der Waals surface area (Å²) in [5.41, 5.74) is 4.04. The predicted molar refractivity (Wildman–Crippen MR) is 135 cm³/mol. The summed E-state index contributed by atoms with van der Waals surface area (Å²) in [7, 11) is 1.29. The van der Waals surface area contributed by atoms with Crippen LogP contribution in [-0.2, 0) is 16.1 Å². The number of aryl methyl sites for hydroxylation is 1. The second kappa shape index (κ2) is 11.9. The number of hydrogen-bond acceptors (Lipinski definition) is 7. The molecule has 0 bridgehead atoms. The number of H-pyrrole nitrogens is 1. The number of rotatable bonds is 11. The Morgan fingerprint density at radius 1 is 1.08 bits per heavy atom. The van der Waals surface area contributed by atoms with E-state index in [1.54, 1.807) is 36.7 Å². The topological polar surface area (TPSA) is 124 Å². The van der Waals surface area contributed by atoms with Crippen LogP contribution in [0.1, 0.15) is 46.1 Å². The monoisotopic (exact) mass is 501 g/mol. The first-order valence-electron chi connectivity index (χ1n) is 11.7. The van der Waals surface area contributed by atoms with Gasteiger partial charge in [0.05, 0.1) is 12.8 Å². The lowest BCUT2D eigenvalue weighted by Crippen LogP contribution is -2.12. The first-order chi connectivity index (χ1) is 17.9. The van der Waals surface area contributed by atoms with Crippen molar-refractivity contribution in [3.63, 3.8) is 0 Å². The third kappa shape index (κ3) is 6.52. The van der Waals surface area contributed by atoms with E-state index in [1.165, 1.54) is 7.11 Å². The number of nitrogens with zero attached hydrogens (tertiary/aromatic N) is 2. The van der Waals surface area contributed by atoms with E-state index in [1.807, 2.05) is 43.3 Å². The van der Waals surface area contributed by atoms with E-state index in [0.29, 0.717) is 29.4 Å². The van der Waals surface area contributed by atoms with Gasteiger partial charge in [-0.1, -0.05) is 30.3 Å². The van der Waals surface area contributed by atoms with Crippen LogP contribution in [0.15, 0.2) is 73.1 Å². The van der Waals surface area contributed by atoms with Gasteiger partial charge < -0.3 is 19.3 Å². The largest absolute Gasteiger partial charge is 0.489 e. The maximum Gasteiger partial charge on any atom is 0.356 e. The van der Waals surface area contributed by atoms with E-state index in [0.717, 1.165) is 16.7 Å². The molecule has 2 N–H and O–H groups in total. The Morgan fingerprint density at radius 3 is 2.65 bits per heavy atom. The van der Waals surface area contributed by atoms with Gasteiger partial charge in [-0.25, -0.2) is 4.79 Å². The molecule has 2 aromatic heterocycles. The zero-order valence-corrected chi connectivity index (χ0v) is 20.5. The molecule has 9 nitrogen and oxygen atoms in total.